The highest BCUT2D eigenvalue weighted by molar-refractivity contribution is 6.34. The average Bonchev–Trinajstić information content (AvgIpc) is 2.55. The van der Waals surface area contributed by atoms with Crippen molar-refractivity contribution in [2.75, 3.05) is 10.6 Å². The number of amides is 2. The number of benzene rings is 1. The van der Waals surface area contributed by atoms with E-state index >= 15 is 0 Å². The third kappa shape index (κ3) is 3.80. The van der Waals surface area contributed by atoms with Crippen LogP contribution in [-0.2, 0) is 4.79 Å². The van der Waals surface area contributed by atoms with Crippen LogP contribution in [0.25, 0.3) is 0 Å². The third-order valence-electron chi connectivity index (χ3n) is 4.08. The average molecular weight is 375 g/mol. The monoisotopic (exact) mass is 374 g/mol. The maximum absolute atomic E-state index is 12.3. The molecule has 2 aromatic rings. The molecule has 1 fully saturated rings. The van der Waals surface area contributed by atoms with Crippen molar-refractivity contribution in [3.8, 4) is 0 Å². The fourth-order valence-electron chi connectivity index (χ4n) is 2.45. The lowest BCUT2D eigenvalue weighted by Crippen LogP contribution is -2.28. The van der Waals surface area contributed by atoms with Gasteiger partial charge in [-0.25, -0.2) is 14.8 Å². The van der Waals surface area contributed by atoms with Crippen molar-refractivity contribution in [3.63, 3.8) is 0 Å². The van der Waals surface area contributed by atoms with Crippen molar-refractivity contribution in [2.45, 2.75) is 19.3 Å². The maximum Gasteiger partial charge on any atom is 0.356 e. The van der Waals surface area contributed by atoms with E-state index < -0.39 is 17.6 Å². The third-order valence-corrected chi connectivity index (χ3v) is 4.39. The van der Waals surface area contributed by atoms with Crippen LogP contribution in [0, 0.1) is 5.92 Å². The summed E-state index contributed by atoms with van der Waals surface area (Å²) in [7, 11) is 0. The number of carboxylic acids is 1. The van der Waals surface area contributed by atoms with E-state index in [1.165, 1.54) is 18.5 Å². The number of carbonyl (C=O) groups is 3. The molecule has 9 heteroatoms. The molecular formula is C17H15ClN4O4. The highest BCUT2D eigenvalue weighted by atomic mass is 35.5. The largest absolute Gasteiger partial charge is 0.476 e. The first-order valence-electron chi connectivity index (χ1n) is 7.92. The lowest BCUT2D eigenvalue weighted by atomic mass is 9.85. The fraction of sp³-hybridized carbons (Fsp3) is 0.235. The number of hydrogen-bond donors (Lipinski definition) is 3. The van der Waals surface area contributed by atoms with E-state index in [4.69, 9.17) is 16.7 Å². The highest BCUT2D eigenvalue weighted by Crippen LogP contribution is 2.30. The zero-order chi connectivity index (χ0) is 18.7. The van der Waals surface area contributed by atoms with E-state index in [0.717, 1.165) is 19.3 Å². The molecule has 3 N–H and O–H groups in total. The van der Waals surface area contributed by atoms with Gasteiger partial charge in [0.05, 0.1) is 10.7 Å². The summed E-state index contributed by atoms with van der Waals surface area (Å²) in [6.45, 7) is 0. The van der Waals surface area contributed by atoms with Crippen molar-refractivity contribution in [1.29, 1.82) is 0 Å². The lowest BCUT2D eigenvalue weighted by molar-refractivity contribution is -0.122. The number of carbonyl (C=O) groups excluding carboxylic acids is 2. The Hall–Kier alpha value is -3.00. The van der Waals surface area contributed by atoms with Gasteiger partial charge >= 0.3 is 5.97 Å². The van der Waals surface area contributed by atoms with E-state index in [-0.39, 0.29) is 22.5 Å². The van der Waals surface area contributed by atoms with Crippen LogP contribution in [0.3, 0.4) is 0 Å². The van der Waals surface area contributed by atoms with E-state index in [1.54, 1.807) is 12.1 Å². The molecule has 2 amide bonds. The van der Waals surface area contributed by atoms with E-state index in [2.05, 4.69) is 20.6 Å². The first-order valence-corrected chi connectivity index (χ1v) is 8.29. The summed E-state index contributed by atoms with van der Waals surface area (Å²) in [4.78, 5) is 42.8. The molecule has 1 saturated carbocycles. The zero-order valence-electron chi connectivity index (χ0n) is 13.5. The van der Waals surface area contributed by atoms with Gasteiger partial charge in [-0.1, -0.05) is 18.0 Å². The van der Waals surface area contributed by atoms with Crippen molar-refractivity contribution in [2.24, 2.45) is 5.92 Å². The molecule has 0 unspecified atom stereocenters. The van der Waals surface area contributed by atoms with Crippen molar-refractivity contribution in [3.05, 3.63) is 47.0 Å². The summed E-state index contributed by atoms with van der Waals surface area (Å²) in [6, 6.07) is 4.59. The SMILES string of the molecule is O=C(O)c1nccnc1C(=O)Nc1ccc(NC(=O)C2CCC2)c(Cl)c1. The minimum atomic E-state index is -1.35. The highest BCUT2D eigenvalue weighted by Gasteiger charge is 2.25. The molecule has 3 rings (SSSR count). The molecule has 1 heterocycles. The summed E-state index contributed by atoms with van der Waals surface area (Å²) in [5.74, 6) is -2.12. The Bertz CT molecular complexity index is 883. The predicted molar refractivity (Wildman–Crippen MR) is 94.4 cm³/mol. The smallest absolute Gasteiger partial charge is 0.356 e. The molecule has 0 radical (unpaired) electrons. The summed E-state index contributed by atoms with van der Waals surface area (Å²) in [5.41, 5.74) is 0.0369. The van der Waals surface area contributed by atoms with Gasteiger partial charge in [0.15, 0.2) is 11.4 Å². The summed E-state index contributed by atoms with van der Waals surface area (Å²) in [6.07, 6.45) is 5.23. The topological polar surface area (TPSA) is 121 Å². The molecule has 0 saturated heterocycles. The van der Waals surface area contributed by atoms with Crippen molar-refractivity contribution in [1.82, 2.24) is 9.97 Å². The van der Waals surface area contributed by atoms with Gasteiger partial charge in [0, 0.05) is 24.0 Å². The van der Waals surface area contributed by atoms with Crippen LogP contribution in [0.4, 0.5) is 11.4 Å². The molecule has 8 nitrogen and oxygen atoms in total. The molecule has 0 bridgehead atoms. The van der Waals surface area contributed by atoms with Gasteiger partial charge in [-0.2, -0.15) is 0 Å². The molecule has 134 valence electrons. The standard InChI is InChI=1S/C17H15ClN4O4/c18-11-8-10(4-5-12(11)22-15(23)9-2-1-3-9)21-16(24)13-14(17(25)26)20-7-6-19-13/h4-9H,1-3H2,(H,21,24)(H,22,23)(H,25,26). The number of nitrogens with one attached hydrogen (secondary N) is 2. The Balaban J connectivity index is 1.72. The fourth-order valence-corrected chi connectivity index (χ4v) is 2.68. The van der Waals surface area contributed by atoms with Crippen LogP contribution >= 0.6 is 11.6 Å². The van der Waals surface area contributed by atoms with E-state index in [1.807, 2.05) is 0 Å². The Morgan fingerprint density at radius 3 is 2.35 bits per heavy atom. The van der Waals surface area contributed by atoms with E-state index in [0.29, 0.717) is 11.4 Å². The maximum atomic E-state index is 12.3. The Morgan fingerprint density at radius 1 is 1.08 bits per heavy atom. The molecule has 1 aromatic heterocycles. The molecular weight excluding hydrogens is 360 g/mol. The van der Waals surface area contributed by atoms with Gasteiger partial charge in [0.25, 0.3) is 5.91 Å². The molecule has 26 heavy (non-hydrogen) atoms. The summed E-state index contributed by atoms with van der Waals surface area (Å²) >= 11 is 6.16. The van der Waals surface area contributed by atoms with Gasteiger partial charge in [0.1, 0.15) is 0 Å². The van der Waals surface area contributed by atoms with E-state index in [9.17, 15) is 14.4 Å². The van der Waals surface area contributed by atoms with Crippen molar-refractivity contribution >= 4 is 40.8 Å². The van der Waals surface area contributed by atoms with Crippen LogP contribution in [0.15, 0.2) is 30.6 Å². The first kappa shape index (κ1) is 17.8. The minimum Gasteiger partial charge on any atom is -0.476 e. The molecule has 0 spiro atoms. The second-order valence-electron chi connectivity index (χ2n) is 5.82. The van der Waals surface area contributed by atoms with Crippen LogP contribution in [0.5, 0.6) is 0 Å². The number of rotatable bonds is 5. The quantitative estimate of drug-likeness (QED) is 0.739. The Labute approximate surface area is 153 Å². The van der Waals surface area contributed by atoms with Crippen molar-refractivity contribution < 1.29 is 19.5 Å². The summed E-state index contributed by atoms with van der Waals surface area (Å²) in [5, 5.41) is 14.6. The number of nitrogens with zero attached hydrogens (tertiary/aromatic N) is 2. The predicted octanol–water partition coefficient (Wildman–Crippen LogP) is 2.82. The number of carboxylic acid groups (broad SMARTS) is 1. The lowest BCUT2D eigenvalue weighted by Gasteiger charge is -2.24. The van der Waals surface area contributed by atoms with Crippen LogP contribution in [0.2, 0.25) is 5.02 Å². The second kappa shape index (κ2) is 7.49. The minimum absolute atomic E-state index is 0.0246. The number of aromatic nitrogens is 2. The Kier molecular flexibility index (Phi) is 5.13. The normalized spacial score (nSPS) is 13.6. The van der Waals surface area contributed by atoms with Gasteiger partial charge in [-0.15, -0.1) is 0 Å². The number of halogens is 1. The molecule has 1 aliphatic rings. The van der Waals surface area contributed by atoms with Gasteiger partial charge in [-0.3, -0.25) is 9.59 Å². The summed E-state index contributed by atoms with van der Waals surface area (Å²) < 4.78 is 0. The van der Waals surface area contributed by atoms with Crippen LogP contribution < -0.4 is 10.6 Å². The zero-order valence-corrected chi connectivity index (χ0v) is 14.3. The number of anilines is 2. The van der Waals surface area contributed by atoms with Gasteiger partial charge < -0.3 is 15.7 Å². The Morgan fingerprint density at radius 2 is 1.77 bits per heavy atom. The van der Waals surface area contributed by atoms with Crippen LogP contribution in [0.1, 0.15) is 40.2 Å². The molecule has 0 aliphatic heterocycles. The second-order valence-corrected chi connectivity index (χ2v) is 6.23. The number of aromatic carboxylic acids is 1. The molecule has 0 atom stereocenters. The van der Waals surface area contributed by atoms with Crippen LogP contribution in [-0.4, -0.2) is 32.9 Å². The van der Waals surface area contributed by atoms with Gasteiger partial charge in [-0.05, 0) is 31.0 Å². The number of hydrogen-bond acceptors (Lipinski definition) is 5. The molecule has 1 aromatic carbocycles. The van der Waals surface area contributed by atoms with Gasteiger partial charge in [0.2, 0.25) is 5.91 Å². The molecule has 1 aliphatic carbocycles. The first-order chi connectivity index (χ1) is 12.5.